The van der Waals surface area contributed by atoms with E-state index >= 15 is 0 Å². The number of nitrogens with two attached hydrogens (primary N) is 3. The second-order valence-corrected chi connectivity index (χ2v) is 9.76. The number of phenols is 1. The summed E-state index contributed by atoms with van der Waals surface area (Å²) in [7, 11) is 0. The summed E-state index contributed by atoms with van der Waals surface area (Å²) in [5.41, 5.74) is 16.9. The van der Waals surface area contributed by atoms with Crippen LogP contribution < -0.4 is 33.2 Å². The second kappa shape index (κ2) is 17.4. The van der Waals surface area contributed by atoms with E-state index in [4.69, 9.17) is 17.2 Å². The number of guanidine groups is 1. The van der Waals surface area contributed by atoms with Crippen molar-refractivity contribution in [2.75, 3.05) is 24.3 Å². The molecule has 0 saturated carbocycles. The lowest BCUT2D eigenvalue weighted by Crippen LogP contribution is -2.58. The van der Waals surface area contributed by atoms with Crippen LogP contribution in [0.4, 0.5) is 0 Å². The molecule has 38 heavy (non-hydrogen) atoms. The summed E-state index contributed by atoms with van der Waals surface area (Å²) in [6.07, 6.45) is 2.48. The average molecular weight is 572 g/mol. The molecule has 0 aromatic heterocycles. The van der Waals surface area contributed by atoms with Crippen molar-refractivity contribution >= 4 is 54.0 Å². The molecule has 0 bridgehead atoms. The van der Waals surface area contributed by atoms with E-state index in [-0.39, 0.29) is 43.3 Å². The third-order valence-corrected chi connectivity index (χ3v) is 6.38. The first-order valence-electron chi connectivity index (χ1n) is 11.8. The molecule has 1 aromatic rings. The van der Waals surface area contributed by atoms with E-state index in [2.05, 4.69) is 33.6 Å². The van der Waals surface area contributed by atoms with Crippen molar-refractivity contribution in [3.63, 3.8) is 0 Å². The van der Waals surface area contributed by atoms with Crippen molar-refractivity contribution in [3.8, 4) is 5.75 Å². The molecule has 0 radical (unpaired) electrons. The first-order chi connectivity index (χ1) is 18.0. The lowest BCUT2D eigenvalue weighted by Gasteiger charge is -2.25. The van der Waals surface area contributed by atoms with Crippen molar-refractivity contribution in [2.24, 2.45) is 22.2 Å². The van der Waals surface area contributed by atoms with Gasteiger partial charge in [-0.3, -0.25) is 19.4 Å². The minimum Gasteiger partial charge on any atom is -0.508 e. The minimum atomic E-state index is -1.24. The molecule has 0 spiro atoms. The van der Waals surface area contributed by atoms with Crippen molar-refractivity contribution in [1.82, 2.24) is 16.0 Å². The highest BCUT2D eigenvalue weighted by atomic mass is 32.2. The number of phenolic OH excluding ortho intramolecular Hbond substituents is 1. The molecule has 212 valence electrons. The number of amides is 3. The van der Waals surface area contributed by atoms with Crippen LogP contribution in [0.3, 0.4) is 0 Å². The predicted octanol–water partition coefficient (Wildman–Crippen LogP) is -1.46. The predicted molar refractivity (Wildman–Crippen MR) is 150 cm³/mol. The lowest BCUT2D eigenvalue weighted by atomic mass is 10.0. The van der Waals surface area contributed by atoms with E-state index in [1.807, 2.05) is 6.26 Å². The monoisotopic (exact) mass is 571 g/mol. The Bertz CT molecular complexity index is 960. The maximum atomic E-state index is 13.3. The summed E-state index contributed by atoms with van der Waals surface area (Å²) in [5.74, 6) is -2.70. The van der Waals surface area contributed by atoms with Crippen LogP contribution in [-0.4, -0.2) is 88.3 Å². The highest BCUT2D eigenvalue weighted by Crippen LogP contribution is 2.12. The number of aliphatic imine (C=N–C) groups is 1. The largest absolute Gasteiger partial charge is 0.508 e. The van der Waals surface area contributed by atoms with Crippen LogP contribution >= 0.6 is 24.4 Å². The highest BCUT2D eigenvalue weighted by molar-refractivity contribution is 7.98. The van der Waals surface area contributed by atoms with Gasteiger partial charge in [0.2, 0.25) is 17.7 Å². The van der Waals surface area contributed by atoms with E-state index in [1.54, 1.807) is 12.1 Å². The van der Waals surface area contributed by atoms with Gasteiger partial charge in [0.05, 0.1) is 6.04 Å². The van der Waals surface area contributed by atoms with Crippen LogP contribution in [0.25, 0.3) is 0 Å². The first-order valence-corrected chi connectivity index (χ1v) is 13.8. The summed E-state index contributed by atoms with van der Waals surface area (Å²) in [4.78, 5) is 54.2. The van der Waals surface area contributed by atoms with Crippen molar-refractivity contribution < 1.29 is 29.4 Å². The van der Waals surface area contributed by atoms with Crippen LogP contribution in [0.15, 0.2) is 29.3 Å². The maximum absolute atomic E-state index is 13.3. The Balaban J connectivity index is 3.03. The summed E-state index contributed by atoms with van der Waals surface area (Å²) in [5, 5.41) is 26.8. The van der Waals surface area contributed by atoms with Gasteiger partial charge >= 0.3 is 5.97 Å². The third kappa shape index (κ3) is 12.4. The van der Waals surface area contributed by atoms with Gasteiger partial charge in [-0.2, -0.15) is 24.4 Å². The summed E-state index contributed by atoms with van der Waals surface area (Å²) >= 11 is 5.46. The number of nitrogens with zero attached hydrogens (tertiary/aromatic N) is 1. The number of carbonyl (C=O) groups excluding carboxylic acids is 3. The van der Waals surface area contributed by atoms with E-state index in [0.717, 1.165) is 0 Å². The van der Waals surface area contributed by atoms with Gasteiger partial charge in [-0.05, 0) is 49.0 Å². The van der Waals surface area contributed by atoms with Crippen LogP contribution in [0.5, 0.6) is 5.75 Å². The van der Waals surface area contributed by atoms with Crippen LogP contribution in [0.2, 0.25) is 0 Å². The molecule has 3 amide bonds. The number of hydrogen-bond donors (Lipinski definition) is 9. The van der Waals surface area contributed by atoms with Gasteiger partial charge in [-0.1, -0.05) is 12.1 Å². The smallest absolute Gasteiger partial charge is 0.326 e. The number of rotatable bonds is 17. The number of aromatic hydroxyl groups is 1. The van der Waals surface area contributed by atoms with Gasteiger partial charge in [-0.15, -0.1) is 0 Å². The fourth-order valence-corrected chi connectivity index (χ4v) is 3.89. The van der Waals surface area contributed by atoms with Crippen molar-refractivity contribution in [1.29, 1.82) is 0 Å². The van der Waals surface area contributed by atoms with E-state index in [9.17, 15) is 29.4 Å². The summed E-state index contributed by atoms with van der Waals surface area (Å²) < 4.78 is 0. The number of carboxylic acid groups (broad SMARTS) is 1. The molecular formula is C23H37N7O6S2. The highest BCUT2D eigenvalue weighted by Gasteiger charge is 2.30. The molecule has 0 aliphatic rings. The molecule has 4 unspecified atom stereocenters. The Hall–Kier alpha value is -3.17. The molecule has 0 fully saturated rings. The zero-order valence-electron chi connectivity index (χ0n) is 21.1. The van der Waals surface area contributed by atoms with Gasteiger partial charge < -0.3 is 43.4 Å². The van der Waals surface area contributed by atoms with E-state index < -0.39 is 47.9 Å². The number of carboxylic acids is 1. The van der Waals surface area contributed by atoms with Gasteiger partial charge in [-0.25, -0.2) is 4.79 Å². The average Bonchev–Trinajstić information content (AvgIpc) is 2.87. The van der Waals surface area contributed by atoms with E-state index in [1.165, 1.54) is 23.9 Å². The standard InChI is InChI=1S/C23H37N7O6S2/c1-38-10-8-16(20(33)29-17(22(35)36)3-2-9-27-23(25)26)28-21(34)18(30-19(32)15(24)12-37)11-13-4-6-14(31)7-5-13/h4-7,15-18,31,37H,2-3,8-12,24H2,1H3,(H,28,34)(H,29,33)(H,30,32)(H,35,36)(H4,25,26,27). The molecule has 13 nitrogen and oxygen atoms in total. The van der Waals surface area contributed by atoms with Crippen molar-refractivity contribution in [3.05, 3.63) is 29.8 Å². The third-order valence-electron chi connectivity index (χ3n) is 5.35. The van der Waals surface area contributed by atoms with Gasteiger partial charge in [0.1, 0.15) is 23.9 Å². The van der Waals surface area contributed by atoms with Gasteiger partial charge in [0.25, 0.3) is 0 Å². The zero-order valence-corrected chi connectivity index (χ0v) is 22.8. The lowest BCUT2D eigenvalue weighted by molar-refractivity contribution is -0.142. The fourth-order valence-electron chi connectivity index (χ4n) is 3.25. The molecule has 0 aliphatic heterocycles. The summed E-state index contributed by atoms with van der Waals surface area (Å²) in [6.45, 7) is 0.196. The molecule has 0 saturated heterocycles. The fraction of sp³-hybridized carbons (Fsp3) is 0.522. The minimum absolute atomic E-state index is 0.0379. The Labute approximate surface area is 231 Å². The van der Waals surface area contributed by atoms with Crippen LogP contribution in [0.1, 0.15) is 24.8 Å². The molecule has 0 aliphatic carbocycles. The molecule has 15 heteroatoms. The number of aliphatic carboxylic acids is 1. The molecule has 11 N–H and O–H groups in total. The number of carbonyl (C=O) groups is 4. The Kier molecular flexibility index (Phi) is 15.0. The number of thioether (sulfide) groups is 1. The Morgan fingerprint density at radius 2 is 1.55 bits per heavy atom. The summed E-state index contributed by atoms with van der Waals surface area (Å²) in [6, 6.07) is 1.74. The number of nitrogens with one attached hydrogen (secondary N) is 3. The molecule has 0 heterocycles. The van der Waals surface area contributed by atoms with Crippen LogP contribution in [0, 0.1) is 0 Å². The Morgan fingerprint density at radius 1 is 0.974 bits per heavy atom. The van der Waals surface area contributed by atoms with Crippen molar-refractivity contribution in [2.45, 2.75) is 49.9 Å². The normalized spacial score (nSPS) is 13.9. The van der Waals surface area contributed by atoms with Gasteiger partial charge in [0.15, 0.2) is 5.96 Å². The van der Waals surface area contributed by atoms with E-state index in [0.29, 0.717) is 17.7 Å². The number of thiol groups is 1. The SMILES string of the molecule is CSCCC(NC(=O)C(Cc1ccc(O)cc1)NC(=O)C(N)CS)C(=O)NC(CCCN=C(N)N)C(=O)O. The number of hydrogen-bond acceptors (Lipinski definition) is 9. The molecule has 1 rings (SSSR count). The maximum Gasteiger partial charge on any atom is 0.326 e. The quantitative estimate of drug-likeness (QED) is 0.0456. The second-order valence-electron chi connectivity index (χ2n) is 8.41. The molecular weight excluding hydrogens is 534 g/mol. The zero-order chi connectivity index (χ0) is 28.7. The topological polar surface area (TPSA) is 235 Å². The molecule has 1 aromatic carbocycles. The first kappa shape index (κ1) is 32.9. The Morgan fingerprint density at radius 3 is 2.11 bits per heavy atom. The van der Waals surface area contributed by atoms with Crippen LogP contribution in [-0.2, 0) is 25.6 Å². The molecule has 4 atom stereocenters. The van der Waals surface area contributed by atoms with Gasteiger partial charge in [0, 0.05) is 18.7 Å². The number of benzene rings is 1.